The van der Waals surface area contributed by atoms with Crippen molar-refractivity contribution in [3.05, 3.63) is 29.3 Å². The van der Waals surface area contributed by atoms with Gasteiger partial charge in [-0.05, 0) is 57.0 Å². The van der Waals surface area contributed by atoms with Crippen LogP contribution in [0.5, 0.6) is 0 Å². The van der Waals surface area contributed by atoms with Gasteiger partial charge in [-0.3, -0.25) is 9.69 Å². The van der Waals surface area contributed by atoms with E-state index in [0.717, 1.165) is 29.9 Å². The van der Waals surface area contributed by atoms with Crippen LogP contribution in [-0.2, 0) is 0 Å². The quantitative estimate of drug-likeness (QED) is 0.907. The average Bonchev–Trinajstić information content (AvgIpc) is 2.92. The van der Waals surface area contributed by atoms with Crippen molar-refractivity contribution in [2.24, 2.45) is 0 Å². The molecule has 0 aromatic heterocycles. The summed E-state index contributed by atoms with van der Waals surface area (Å²) < 4.78 is 0. The van der Waals surface area contributed by atoms with Gasteiger partial charge in [-0.1, -0.05) is 0 Å². The van der Waals surface area contributed by atoms with Crippen LogP contribution in [0.2, 0.25) is 0 Å². The van der Waals surface area contributed by atoms with Crippen LogP contribution in [0.3, 0.4) is 0 Å². The van der Waals surface area contributed by atoms with Gasteiger partial charge >= 0.3 is 0 Å². The zero-order chi connectivity index (χ0) is 15.0. The molecule has 21 heavy (non-hydrogen) atoms. The highest BCUT2D eigenvalue weighted by atomic mass is 16.2. The van der Waals surface area contributed by atoms with E-state index < -0.39 is 0 Å². The van der Waals surface area contributed by atoms with E-state index in [1.165, 1.54) is 19.4 Å². The van der Waals surface area contributed by atoms with Gasteiger partial charge in [0.25, 0.3) is 5.91 Å². The molecule has 2 aliphatic rings. The fourth-order valence-electron chi connectivity index (χ4n) is 3.71. The minimum absolute atomic E-state index is 0.180. The van der Waals surface area contributed by atoms with Crippen LogP contribution in [0.15, 0.2) is 18.2 Å². The molecular formula is C17H25N3O. The van der Waals surface area contributed by atoms with Gasteiger partial charge in [0.15, 0.2) is 0 Å². The van der Waals surface area contributed by atoms with Crippen molar-refractivity contribution in [2.45, 2.75) is 38.8 Å². The van der Waals surface area contributed by atoms with Crippen molar-refractivity contribution in [2.75, 3.05) is 32.0 Å². The molecule has 1 N–H and O–H groups in total. The molecule has 1 aromatic carbocycles. The van der Waals surface area contributed by atoms with Gasteiger partial charge in [-0.25, -0.2) is 0 Å². The first-order valence-corrected chi connectivity index (χ1v) is 7.93. The summed E-state index contributed by atoms with van der Waals surface area (Å²) in [4.78, 5) is 17.5. The number of benzene rings is 1. The van der Waals surface area contributed by atoms with Gasteiger partial charge < -0.3 is 10.2 Å². The molecule has 2 unspecified atom stereocenters. The van der Waals surface area contributed by atoms with E-state index in [4.69, 9.17) is 0 Å². The number of nitrogens with one attached hydrogen (secondary N) is 1. The Morgan fingerprint density at radius 1 is 1.33 bits per heavy atom. The summed E-state index contributed by atoms with van der Waals surface area (Å²) in [7, 11) is 1.91. The lowest BCUT2D eigenvalue weighted by Gasteiger charge is -2.42. The number of carbonyl (C=O) groups is 1. The average molecular weight is 287 g/mol. The molecule has 0 saturated carbocycles. The summed E-state index contributed by atoms with van der Waals surface area (Å²) in [5, 5.41) is 3.15. The van der Waals surface area contributed by atoms with E-state index >= 15 is 0 Å². The first kappa shape index (κ1) is 14.4. The molecule has 2 fully saturated rings. The van der Waals surface area contributed by atoms with Crippen LogP contribution < -0.4 is 5.32 Å². The smallest absolute Gasteiger partial charge is 0.254 e. The molecule has 0 spiro atoms. The summed E-state index contributed by atoms with van der Waals surface area (Å²) in [5.41, 5.74) is 3.01. The monoisotopic (exact) mass is 287 g/mol. The van der Waals surface area contributed by atoms with Crippen molar-refractivity contribution < 1.29 is 4.79 Å². The van der Waals surface area contributed by atoms with Crippen molar-refractivity contribution in [1.29, 1.82) is 0 Å². The predicted molar refractivity (Wildman–Crippen MR) is 85.8 cm³/mol. The van der Waals surface area contributed by atoms with Gasteiger partial charge in [-0.2, -0.15) is 0 Å². The molecule has 2 atom stereocenters. The molecule has 0 aliphatic carbocycles. The number of fused-ring (bicyclic) bond motifs is 1. The van der Waals surface area contributed by atoms with E-state index in [-0.39, 0.29) is 5.91 Å². The standard InChI is InChI=1S/C17H25N3O/c1-12-9-14(6-7-16(12)18-3)17(21)20-11-15-5-4-8-19(15)10-13(20)2/h6-7,9,13,15,18H,4-5,8,10-11H2,1-3H3. The predicted octanol–water partition coefficient (Wildman–Crippen LogP) is 2.35. The van der Waals surface area contributed by atoms with E-state index in [0.29, 0.717) is 12.1 Å². The third-order valence-electron chi connectivity index (χ3n) is 4.94. The zero-order valence-electron chi connectivity index (χ0n) is 13.2. The highest BCUT2D eigenvalue weighted by Crippen LogP contribution is 2.26. The second kappa shape index (κ2) is 5.68. The van der Waals surface area contributed by atoms with E-state index in [2.05, 4.69) is 22.0 Å². The van der Waals surface area contributed by atoms with Crippen LogP contribution in [0, 0.1) is 6.92 Å². The maximum Gasteiger partial charge on any atom is 0.254 e. The molecule has 4 nitrogen and oxygen atoms in total. The molecule has 0 radical (unpaired) electrons. The lowest BCUT2D eigenvalue weighted by atomic mass is 10.0. The van der Waals surface area contributed by atoms with E-state index in [1.807, 2.05) is 32.2 Å². The summed E-state index contributed by atoms with van der Waals surface area (Å²) in [6.45, 7) is 7.31. The lowest BCUT2D eigenvalue weighted by Crippen LogP contribution is -2.56. The minimum Gasteiger partial charge on any atom is -0.388 e. The van der Waals surface area contributed by atoms with Crippen molar-refractivity contribution in [3.8, 4) is 0 Å². The molecule has 1 amide bonds. The molecule has 4 heteroatoms. The van der Waals surface area contributed by atoms with Gasteiger partial charge in [0.1, 0.15) is 0 Å². The van der Waals surface area contributed by atoms with Crippen LogP contribution in [0.4, 0.5) is 5.69 Å². The van der Waals surface area contributed by atoms with Crippen LogP contribution in [0.25, 0.3) is 0 Å². The summed E-state index contributed by atoms with van der Waals surface area (Å²) in [6.07, 6.45) is 2.50. The third-order valence-corrected chi connectivity index (χ3v) is 4.94. The number of aryl methyl sites for hydroxylation is 1. The Hall–Kier alpha value is -1.55. The topological polar surface area (TPSA) is 35.6 Å². The number of nitrogens with zero attached hydrogens (tertiary/aromatic N) is 2. The zero-order valence-corrected chi connectivity index (χ0v) is 13.2. The SMILES string of the molecule is CNc1ccc(C(=O)N2CC3CCCN3CC2C)cc1C. The Morgan fingerprint density at radius 3 is 2.86 bits per heavy atom. The summed E-state index contributed by atoms with van der Waals surface area (Å²) >= 11 is 0. The van der Waals surface area contributed by atoms with Crippen LogP contribution >= 0.6 is 0 Å². The number of carbonyl (C=O) groups excluding carboxylic acids is 1. The fraction of sp³-hybridized carbons (Fsp3) is 0.588. The highest BCUT2D eigenvalue weighted by molar-refractivity contribution is 5.95. The van der Waals surface area contributed by atoms with E-state index in [9.17, 15) is 4.79 Å². The lowest BCUT2D eigenvalue weighted by molar-refractivity contribution is 0.0395. The molecule has 2 heterocycles. The van der Waals surface area contributed by atoms with Gasteiger partial charge in [-0.15, -0.1) is 0 Å². The summed E-state index contributed by atoms with van der Waals surface area (Å²) in [5.74, 6) is 0.180. The first-order valence-electron chi connectivity index (χ1n) is 7.93. The molecule has 0 bridgehead atoms. The molecule has 114 valence electrons. The molecule has 1 aromatic rings. The second-order valence-corrected chi connectivity index (χ2v) is 6.38. The molecule has 2 saturated heterocycles. The van der Waals surface area contributed by atoms with Crippen molar-refractivity contribution >= 4 is 11.6 Å². The van der Waals surface area contributed by atoms with Crippen LogP contribution in [0.1, 0.15) is 35.7 Å². The normalized spacial score (nSPS) is 25.8. The number of rotatable bonds is 2. The maximum absolute atomic E-state index is 12.8. The van der Waals surface area contributed by atoms with Crippen molar-refractivity contribution in [3.63, 3.8) is 0 Å². The number of piperazine rings is 1. The fourth-order valence-corrected chi connectivity index (χ4v) is 3.71. The Balaban J connectivity index is 1.79. The Morgan fingerprint density at radius 2 is 2.14 bits per heavy atom. The number of hydrogen-bond donors (Lipinski definition) is 1. The second-order valence-electron chi connectivity index (χ2n) is 6.38. The molecule has 3 rings (SSSR count). The van der Waals surface area contributed by atoms with Crippen LogP contribution in [-0.4, -0.2) is 54.5 Å². The van der Waals surface area contributed by atoms with Gasteiger partial charge in [0.05, 0.1) is 0 Å². The highest BCUT2D eigenvalue weighted by Gasteiger charge is 2.36. The Bertz CT molecular complexity index is 543. The first-order chi connectivity index (χ1) is 10.1. The molecule has 2 aliphatic heterocycles. The number of anilines is 1. The van der Waals surface area contributed by atoms with Gasteiger partial charge in [0.2, 0.25) is 0 Å². The maximum atomic E-state index is 12.8. The Labute approximate surface area is 127 Å². The van der Waals surface area contributed by atoms with E-state index in [1.54, 1.807) is 0 Å². The Kier molecular flexibility index (Phi) is 3.89. The summed E-state index contributed by atoms with van der Waals surface area (Å²) in [6, 6.07) is 6.81. The third kappa shape index (κ3) is 2.64. The number of amides is 1. The van der Waals surface area contributed by atoms with Gasteiger partial charge in [0, 0.05) is 43.5 Å². The number of hydrogen-bond acceptors (Lipinski definition) is 3. The largest absolute Gasteiger partial charge is 0.388 e. The molecular weight excluding hydrogens is 262 g/mol. The van der Waals surface area contributed by atoms with Crippen molar-refractivity contribution in [1.82, 2.24) is 9.80 Å². The minimum atomic E-state index is 0.180.